The lowest BCUT2D eigenvalue weighted by Crippen LogP contribution is -2.00. The van der Waals surface area contributed by atoms with Crippen LogP contribution in [0.3, 0.4) is 0 Å². The molecule has 1 N–H and O–H groups in total. The fourth-order valence-corrected chi connectivity index (χ4v) is 1.38. The van der Waals surface area contributed by atoms with Gasteiger partial charge >= 0.3 is 0 Å². The van der Waals surface area contributed by atoms with E-state index in [1.54, 1.807) is 30.4 Å². The fourth-order valence-electron chi connectivity index (χ4n) is 1.38. The quantitative estimate of drug-likeness (QED) is 0.842. The highest BCUT2D eigenvalue weighted by Gasteiger charge is 2.04. The van der Waals surface area contributed by atoms with E-state index in [0.717, 1.165) is 5.56 Å². The molecule has 0 amide bonds. The molecule has 0 aliphatic rings. The van der Waals surface area contributed by atoms with Crippen molar-refractivity contribution < 1.29 is 14.6 Å². The van der Waals surface area contributed by atoms with Gasteiger partial charge in [-0.2, -0.15) is 0 Å². The third-order valence-electron chi connectivity index (χ3n) is 2.39. The number of allylic oxidation sites excluding steroid dienone is 3. The summed E-state index contributed by atoms with van der Waals surface area (Å²) in [6.45, 7) is 6.09. The van der Waals surface area contributed by atoms with Crippen LogP contribution < -0.4 is 4.74 Å². The Hall–Kier alpha value is -2.03. The molecule has 0 saturated carbocycles. The van der Waals surface area contributed by atoms with E-state index in [2.05, 4.69) is 0 Å². The summed E-state index contributed by atoms with van der Waals surface area (Å²) in [4.78, 5) is 11.6. The van der Waals surface area contributed by atoms with Gasteiger partial charge in [-0.15, -0.1) is 0 Å². The minimum Gasteiger partial charge on any atom is -0.504 e. The molecule has 3 heteroatoms. The molecule has 0 bridgehead atoms. The Kier molecular flexibility index (Phi) is 4.93. The number of rotatable bonds is 4. The van der Waals surface area contributed by atoms with Crippen LogP contribution in [-0.2, 0) is 4.79 Å². The van der Waals surface area contributed by atoms with Gasteiger partial charge in [0.2, 0.25) is 0 Å². The van der Waals surface area contributed by atoms with E-state index in [9.17, 15) is 9.90 Å². The Morgan fingerprint density at radius 3 is 2.47 bits per heavy atom. The number of aromatic hydroxyl groups is 1. The van der Waals surface area contributed by atoms with Crippen molar-refractivity contribution in [2.75, 3.05) is 7.11 Å². The van der Waals surface area contributed by atoms with Crippen LogP contribution in [0.15, 0.2) is 36.4 Å². The van der Waals surface area contributed by atoms with Crippen LogP contribution in [0.4, 0.5) is 0 Å². The molecular formula is C16H20O3. The summed E-state index contributed by atoms with van der Waals surface area (Å²) in [7, 11) is 1.49. The Morgan fingerprint density at radius 2 is 1.95 bits per heavy atom. The summed E-state index contributed by atoms with van der Waals surface area (Å²) in [5.74, 6) is 0.392. The van der Waals surface area contributed by atoms with Crippen molar-refractivity contribution in [2.45, 2.75) is 20.8 Å². The number of ketones is 1. The highest BCUT2D eigenvalue weighted by atomic mass is 16.5. The maximum absolute atomic E-state index is 11.6. The second-order valence-corrected chi connectivity index (χ2v) is 5.37. The number of methoxy groups -OCH3 is 1. The van der Waals surface area contributed by atoms with Crippen LogP contribution in [0.2, 0.25) is 0 Å². The van der Waals surface area contributed by atoms with Gasteiger partial charge in [0.15, 0.2) is 17.3 Å². The molecule has 0 aliphatic heterocycles. The van der Waals surface area contributed by atoms with Crippen molar-refractivity contribution in [1.82, 2.24) is 0 Å². The van der Waals surface area contributed by atoms with Crippen LogP contribution in [-0.4, -0.2) is 18.0 Å². The summed E-state index contributed by atoms with van der Waals surface area (Å²) in [6.07, 6.45) is 6.56. The summed E-state index contributed by atoms with van der Waals surface area (Å²) >= 11 is 0. The third-order valence-corrected chi connectivity index (χ3v) is 2.39. The first-order valence-electron chi connectivity index (χ1n) is 6.10. The Balaban J connectivity index is 2.74. The molecule has 0 heterocycles. The zero-order valence-corrected chi connectivity index (χ0v) is 11.8. The summed E-state index contributed by atoms with van der Waals surface area (Å²) < 4.78 is 4.95. The van der Waals surface area contributed by atoms with Gasteiger partial charge < -0.3 is 9.84 Å². The Bertz CT molecular complexity index is 505. The minimum absolute atomic E-state index is 0.0120. The normalized spacial score (nSPS) is 12.2. The van der Waals surface area contributed by atoms with E-state index in [-0.39, 0.29) is 16.9 Å². The summed E-state index contributed by atoms with van der Waals surface area (Å²) in [6, 6.07) is 4.98. The molecule has 0 spiro atoms. The number of hydrogen-bond donors (Lipinski definition) is 1. The smallest absolute Gasteiger partial charge is 0.178 e. The maximum Gasteiger partial charge on any atom is 0.178 e. The number of phenols is 1. The second kappa shape index (κ2) is 6.23. The van der Waals surface area contributed by atoms with Crippen molar-refractivity contribution >= 4 is 11.9 Å². The molecule has 0 atom stereocenters. The van der Waals surface area contributed by atoms with Crippen molar-refractivity contribution in [3.63, 3.8) is 0 Å². The van der Waals surface area contributed by atoms with Crippen LogP contribution >= 0.6 is 0 Å². The maximum atomic E-state index is 11.6. The largest absolute Gasteiger partial charge is 0.504 e. The fraction of sp³-hybridized carbons (Fsp3) is 0.312. The van der Waals surface area contributed by atoms with Crippen molar-refractivity contribution in [3.05, 3.63) is 42.0 Å². The van der Waals surface area contributed by atoms with E-state index in [0.29, 0.717) is 5.75 Å². The van der Waals surface area contributed by atoms with Gasteiger partial charge in [-0.1, -0.05) is 39.0 Å². The lowest BCUT2D eigenvalue weighted by atomic mass is 9.96. The minimum atomic E-state index is -0.0785. The Labute approximate surface area is 114 Å². The lowest BCUT2D eigenvalue weighted by Gasteiger charge is -2.09. The molecule has 3 nitrogen and oxygen atoms in total. The molecule has 1 rings (SSSR count). The number of carbonyl (C=O) groups is 1. The highest BCUT2D eigenvalue weighted by Crippen LogP contribution is 2.26. The van der Waals surface area contributed by atoms with Gasteiger partial charge in [0, 0.05) is 0 Å². The molecule has 1 aromatic carbocycles. The van der Waals surface area contributed by atoms with E-state index >= 15 is 0 Å². The zero-order chi connectivity index (χ0) is 14.5. The molecule has 102 valence electrons. The van der Waals surface area contributed by atoms with Gasteiger partial charge in [-0.25, -0.2) is 0 Å². The molecule has 19 heavy (non-hydrogen) atoms. The number of hydrogen-bond acceptors (Lipinski definition) is 3. The summed E-state index contributed by atoms with van der Waals surface area (Å²) in [5.41, 5.74) is 0.734. The number of carbonyl (C=O) groups excluding carboxylic acids is 1. The standard InChI is InChI=1S/C16H20O3/c1-16(2,3)10-9-13(17)7-5-12-6-8-15(19-4)14(18)11-12/h5-11,18H,1-4H3/b7-5+,10-9+. The van der Waals surface area contributed by atoms with Gasteiger partial charge in [-0.3, -0.25) is 4.79 Å². The molecular weight excluding hydrogens is 240 g/mol. The van der Waals surface area contributed by atoms with Crippen LogP contribution in [0.5, 0.6) is 11.5 Å². The SMILES string of the molecule is COc1ccc(/C=C/C(=O)/C=C/C(C)(C)C)cc1O. The molecule has 0 saturated heterocycles. The molecule has 0 aliphatic carbocycles. The first-order valence-corrected chi connectivity index (χ1v) is 6.10. The summed E-state index contributed by atoms with van der Waals surface area (Å²) in [5, 5.41) is 9.61. The van der Waals surface area contributed by atoms with Crippen LogP contribution in [0, 0.1) is 5.41 Å². The predicted molar refractivity (Wildman–Crippen MR) is 77.3 cm³/mol. The molecule has 1 aromatic rings. The molecule has 0 radical (unpaired) electrons. The molecule has 0 aromatic heterocycles. The number of phenolic OH excluding ortho intramolecular Hbond substituents is 1. The molecule has 0 unspecified atom stereocenters. The monoisotopic (exact) mass is 260 g/mol. The topological polar surface area (TPSA) is 46.5 Å². The van der Waals surface area contributed by atoms with Gasteiger partial charge in [0.05, 0.1) is 7.11 Å². The highest BCUT2D eigenvalue weighted by molar-refractivity contribution is 6.02. The average molecular weight is 260 g/mol. The van der Waals surface area contributed by atoms with Crippen LogP contribution in [0.25, 0.3) is 6.08 Å². The number of ether oxygens (including phenoxy) is 1. The first kappa shape index (κ1) is 15.0. The van der Waals surface area contributed by atoms with Crippen molar-refractivity contribution in [3.8, 4) is 11.5 Å². The third kappa shape index (κ3) is 5.42. The second-order valence-electron chi connectivity index (χ2n) is 5.37. The predicted octanol–water partition coefficient (Wildman–Crippen LogP) is 3.59. The van der Waals surface area contributed by atoms with E-state index < -0.39 is 0 Å². The number of benzene rings is 1. The van der Waals surface area contributed by atoms with E-state index in [1.807, 2.05) is 26.8 Å². The van der Waals surface area contributed by atoms with E-state index in [4.69, 9.17) is 4.74 Å². The Morgan fingerprint density at radius 1 is 1.26 bits per heavy atom. The van der Waals surface area contributed by atoms with Crippen molar-refractivity contribution in [1.29, 1.82) is 0 Å². The van der Waals surface area contributed by atoms with E-state index in [1.165, 1.54) is 13.2 Å². The van der Waals surface area contributed by atoms with Crippen molar-refractivity contribution in [2.24, 2.45) is 5.41 Å². The van der Waals surface area contributed by atoms with Gasteiger partial charge in [-0.05, 0) is 35.3 Å². The lowest BCUT2D eigenvalue weighted by molar-refractivity contribution is -0.110. The average Bonchev–Trinajstić information content (AvgIpc) is 2.33. The first-order chi connectivity index (χ1) is 8.81. The molecule has 0 fully saturated rings. The van der Waals surface area contributed by atoms with Gasteiger partial charge in [0.25, 0.3) is 0 Å². The zero-order valence-electron chi connectivity index (χ0n) is 11.8. The van der Waals surface area contributed by atoms with Gasteiger partial charge in [0.1, 0.15) is 0 Å². The van der Waals surface area contributed by atoms with Crippen LogP contribution in [0.1, 0.15) is 26.3 Å².